The average molecular weight is 329 g/mol. The van der Waals surface area contributed by atoms with Gasteiger partial charge in [-0.15, -0.1) is 0 Å². The molecule has 1 amide bonds. The number of fused-ring (bicyclic) bond motifs is 1. The highest BCUT2D eigenvalue weighted by atomic mass is 16.6. The van der Waals surface area contributed by atoms with Gasteiger partial charge in [0.15, 0.2) is 17.3 Å². The van der Waals surface area contributed by atoms with Crippen LogP contribution < -0.4 is 9.47 Å². The zero-order valence-electron chi connectivity index (χ0n) is 13.5. The van der Waals surface area contributed by atoms with Gasteiger partial charge in [-0.1, -0.05) is 17.3 Å². The molecule has 3 heterocycles. The number of piperidine rings is 1. The number of benzene rings is 1. The number of aryl methyl sites for hydroxylation is 1. The molecule has 1 saturated heterocycles. The Balaban J connectivity index is 1.45. The summed E-state index contributed by atoms with van der Waals surface area (Å²) in [6.45, 7) is 3.31. The predicted molar refractivity (Wildman–Crippen MR) is 83.9 cm³/mol. The fourth-order valence-corrected chi connectivity index (χ4v) is 3.20. The van der Waals surface area contributed by atoms with Crippen molar-refractivity contribution >= 4 is 5.91 Å². The molecule has 0 saturated carbocycles. The van der Waals surface area contributed by atoms with E-state index in [2.05, 4.69) is 10.1 Å². The van der Waals surface area contributed by atoms with E-state index < -0.39 is 6.10 Å². The molecule has 126 valence electrons. The fourth-order valence-electron chi connectivity index (χ4n) is 3.20. The van der Waals surface area contributed by atoms with Gasteiger partial charge in [-0.3, -0.25) is 4.79 Å². The maximum Gasteiger partial charge on any atom is 0.267 e. The second-order valence-corrected chi connectivity index (χ2v) is 6.17. The number of para-hydroxylation sites is 2. The summed E-state index contributed by atoms with van der Waals surface area (Å²) in [5.41, 5.74) is 0. The molecule has 0 spiro atoms. The van der Waals surface area contributed by atoms with Gasteiger partial charge in [0, 0.05) is 13.1 Å². The topological polar surface area (TPSA) is 77.7 Å². The van der Waals surface area contributed by atoms with Crippen LogP contribution in [0.2, 0.25) is 0 Å². The molecule has 2 aliphatic heterocycles. The number of aromatic nitrogens is 2. The van der Waals surface area contributed by atoms with Crippen molar-refractivity contribution in [2.75, 3.05) is 19.7 Å². The number of carbonyl (C=O) groups excluding carboxylic acids is 1. The van der Waals surface area contributed by atoms with Crippen molar-refractivity contribution in [3.63, 3.8) is 0 Å². The van der Waals surface area contributed by atoms with Crippen molar-refractivity contribution in [2.45, 2.75) is 31.8 Å². The molecular formula is C17H19N3O4. The van der Waals surface area contributed by atoms with Gasteiger partial charge in [0.25, 0.3) is 5.91 Å². The largest absolute Gasteiger partial charge is 0.485 e. The van der Waals surface area contributed by atoms with Gasteiger partial charge >= 0.3 is 0 Å². The quantitative estimate of drug-likeness (QED) is 0.838. The fraction of sp³-hybridized carbons (Fsp3) is 0.471. The Morgan fingerprint density at radius 2 is 2.12 bits per heavy atom. The Labute approximate surface area is 139 Å². The van der Waals surface area contributed by atoms with Gasteiger partial charge in [0.2, 0.25) is 12.0 Å². The van der Waals surface area contributed by atoms with Gasteiger partial charge in [-0.05, 0) is 31.9 Å². The summed E-state index contributed by atoms with van der Waals surface area (Å²) in [5.74, 6) is 2.55. The van der Waals surface area contributed by atoms with Gasteiger partial charge in [0.1, 0.15) is 6.61 Å². The van der Waals surface area contributed by atoms with Crippen LogP contribution in [0, 0.1) is 6.92 Å². The molecule has 1 fully saturated rings. The molecule has 2 aromatic rings. The standard InChI is InChI=1S/C17H19N3O4/c1-11-18-16(24-19-11)12-5-4-8-20(9-12)17(21)15-10-22-13-6-2-3-7-14(13)23-15/h2-3,6-7,12,15H,4-5,8-10H2,1H3/t12-,15-/m0/s1. The molecule has 0 bridgehead atoms. The number of nitrogens with zero attached hydrogens (tertiary/aromatic N) is 3. The summed E-state index contributed by atoms with van der Waals surface area (Å²) in [5, 5.41) is 3.84. The summed E-state index contributed by atoms with van der Waals surface area (Å²) in [6, 6.07) is 7.40. The van der Waals surface area contributed by atoms with E-state index in [1.807, 2.05) is 29.2 Å². The van der Waals surface area contributed by atoms with Gasteiger partial charge in [-0.2, -0.15) is 4.98 Å². The molecule has 7 heteroatoms. The Hall–Kier alpha value is -2.57. The molecular weight excluding hydrogens is 310 g/mol. The van der Waals surface area contributed by atoms with Crippen LogP contribution in [0.25, 0.3) is 0 Å². The highest BCUT2D eigenvalue weighted by molar-refractivity contribution is 5.82. The van der Waals surface area contributed by atoms with Crippen molar-refractivity contribution in [1.29, 1.82) is 0 Å². The van der Waals surface area contributed by atoms with Gasteiger partial charge in [0.05, 0.1) is 5.92 Å². The van der Waals surface area contributed by atoms with Crippen molar-refractivity contribution in [3.05, 3.63) is 36.0 Å². The minimum atomic E-state index is -0.608. The van der Waals surface area contributed by atoms with Crippen LogP contribution in [0.15, 0.2) is 28.8 Å². The second-order valence-electron chi connectivity index (χ2n) is 6.17. The molecule has 1 aromatic carbocycles. The first kappa shape index (κ1) is 15.0. The first-order valence-electron chi connectivity index (χ1n) is 8.18. The smallest absolute Gasteiger partial charge is 0.267 e. The molecule has 1 aromatic heterocycles. The Morgan fingerprint density at radius 3 is 2.92 bits per heavy atom. The molecule has 24 heavy (non-hydrogen) atoms. The summed E-state index contributed by atoms with van der Waals surface area (Å²) in [7, 11) is 0. The van der Waals surface area contributed by atoms with Crippen LogP contribution in [0.5, 0.6) is 11.5 Å². The van der Waals surface area contributed by atoms with Crippen molar-refractivity contribution in [3.8, 4) is 11.5 Å². The third-order valence-corrected chi connectivity index (χ3v) is 4.41. The first-order valence-corrected chi connectivity index (χ1v) is 8.18. The molecule has 0 N–H and O–H groups in total. The maximum atomic E-state index is 12.8. The number of rotatable bonds is 2. The molecule has 4 rings (SSSR count). The monoisotopic (exact) mass is 329 g/mol. The highest BCUT2D eigenvalue weighted by Gasteiger charge is 2.35. The predicted octanol–water partition coefficient (Wildman–Crippen LogP) is 1.92. The Morgan fingerprint density at radius 1 is 1.29 bits per heavy atom. The number of likely N-dealkylation sites (tertiary alicyclic amines) is 1. The van der Waals surface area contributed by atoms with E-state index >= 15 is 0 Å². The summed E-state index contributed by atoms with van der Waals surface area (Å²) < 4.78 is 16.7. The van der Waals surface area contributed by atoms with E-state index in [-0.39, 0.29) is 18.4 Å². The minimum Gasteiger partial charge on any atom is -0.485 e. The van der Waals surface area contributed by atoms with E-state index in [9.17, 15) is 4.79 Å². The van der Waals surface area contributed by atoms with Gasteiger partial charge in [-0.25, -0.2) is 0 Å². The lowest BCUT2D eigenvalue weighted by Gasteiger charge is -2.35. The van der Waals surface area contributed by atoms with E-state index in [0.29, 0.717) is 36.3 Å². The maximum absolute atomic E-state index is 12.8. The molecule has 0 radical (unpaired) electrons. The van der Waals surface area contributed by atoms with Crippen LogP contribution >= 0.6 is 0 Å². The van der Waals surface area contributed by atoms with Crippen molar-refractivity contribution < 1.29 is 18.8 Å². The normalized spacial score (nSPS) is 23.1. The van der Waals surface area contributed by atoms with Crippen molar-refractivity contribution in [1.82, 2.24) is 15.0 Å². The van der Waals surface area contributed by atoms with E-state index in [4.69, 9.17) is 14.0 Å². The molecule has 2 aliphatic rings. The number of hydrogen-bond donors (Lipinski definition) is 0. The van der Waals surface area contributed by atoms with Crippen LogP contribution in [-0.2, 0) is 4.79 Å². The zero-order valence-corrected chi connectivity index (χ0v) is 13.5. The van der Waals surface area contributed by atoms with Crippen LogP contribution in [0.1, 0.15) is 30.5 Å². The lowest BCUT2D eigenvalue weighted by molar-refractivity contribution is -0.142. The lowest BCUT2D eigenvalue weighted by atomic mass is 9.97. The molecule has 7 nitrogen and oxygen atoms in total. The van der Waals surface area contributed by atoms with Gasteiger partial charge < -0.3 is 18.9 Å². The third kappa shape index (κ3) is 2.81. The Kier molecular flexibility index (Phi) is 3.84. The lowest BCUT2D eigenvalue weighted by Crippen LogP contribution is -2.49. The van der Waals surface area contributed by atoms with Crippen molar-refractivity contribution in [2.24, 2.45) is 0 Å². The second kappa shape index (κ2) is 6.14. The number of hydrogen-bond acceptors (Lipinski definition) is 6. The summed E-state index contributed by atoms with van der Waals surface area (Å²) >= 11 is 0. The first-order chi connectivity index (χ1) is 11.7. The molecule has 0 aliphatic carbocycles. The Bertz CT molecular complexity index is 745. The molecule has 2 atom stereocenters. The summed E-state index contributed by atoms with van der Waals surface area (Å²) in [4.78, 5) is 18.9. The molecule has 0 unspecified atom stereocenters. The third-order valence-electron chi connectivity index (χ3n) is 4.41. The number of carbonyl (C=O) groups is 1. The van der Waals surface area contributed by atoms with E-state index in [1.165, 1.54) is 0 Å². The van der Waals surface area contributed by atoms with E-state index in [1.54, 1.807) is 6.92 Å². The summed E-state index contributed by atoms with van der Waals surface area (Å²) in [6.07, 6.45) is 1.24. The van der Waals surface area contributed by atoms with Crippen LogP contribution in [-0.4, -0.2) is 46.7 Å². The van der Waals surface area contributed by atoms with E-state index in [0.717, 1.165) is 12.8 Å². The highest BCUT2D eigenvalue weighted by Crippen LogP contribution is 2.32. The van der Waals surface area contributed by atoms with Crippen LogP contribution in [0.4, 0.5) is 0 Å². The minimum absolute atomic E-state index is 0.0505. The average Bonchev–Trinajstić information content (AvgIpc) is 3.07. The van der Waals surface area contributed by atoms with Crippen LogP contribution in [0.3, 0.4) is 0 Å². The SMILES string of the molecule is Cc1noc([C@H]2CCCN(C(=O)[C@@H]3COc4ccccc4O3)C2)n1. The number of amides is 1. The number of ether oxygens (including phenoxy) is 2. The zero-order chi connectivity index (χ0) is 16.5.